The summed E-state index contributed by atoms with van der Waals surface area (Å²) in [6.07, 6.45) is 5.05. The van der Waals surface area contributed by atoms with Gasteiger partial charge in [-0.15, -0.1) is 0 Å². The number of ether oxygens (including phenoxy) is 2. The van der Waals surface area contributed by atoms with Gasteiger partial charge in [0.25, 0.3) is 0 Å². The van der Waals surface area contributed by atoms with Crippen LogP contribution in [0.15, 0.2) is 18.2 Å². The highest BCUT2D eigenvalue weighted by atomic mass is 16.6. The first-order chi connectivity index (χ1) is 15.6. The Morgan fingerprint density at radius 2 is 1.47 bits per heavy atom. The van der Waals surface area contributed by atoms with E-state index in [0.717, 1.165) is 31.6 Å². The van der Waals surface area contributed by atoms with Crippen LogP contribution < -0.4 is 14.4 Å². The van der Waals surface area contributed by atoms with E-state index in [-0.39, 0.29) is 36.0 Å². The lowest BCUT2D eigenvalue weighted by Crippen LogP contribution is -2.47. The molecule has 1 unspecified atom stereocenters. The van der Waals surface area contributed by atoms with Gasteiger partial charge in [0.1, 0.15) is 13.2 Å². The number of amides is 3. The number of benzene rings is 1. The maximum atomic E-state index is 13.1. The highest BCUT2D eigenvalue weighted by molar-refractivity contribution is 6.00. The number of nitrogens with zero attached hydrogens (tertiary/aromatic N) is 3. The van der Waals surface area contributed by atoms with E-state index in [2.05, 4.69) is 0 Å². The molecule has 5 rings (SSSR count). The molecule has 4 heterocycles. The van der Waals surface area contributed by atoms with Crippen molar-refractivity contribution in [2.24, 2.45) is 11.8 Å². The first-order valence-corrected chi connectivity index (χ1v) is 11.9. The third kappa shape index (κ3) is 4.14. The van der Waals surface area contributed by atoms with Crippen molar-refractivity contribution in [1.82, 2.24) is 9.80 Å². The molecule has 0 aromatic heterocycles. The van der Waals surface area contributed by atoms with E-state index in [1.807, 2.05) is 28.0 Å². The lowest BCUT2D eigenvalue weighted by Gasteiger charge is -2.36. The minimum atomic E-state index is -0.343. The molecule has 8 nitrogen and oxygen atoms in total. The molecule has 0 aliphatic carbocycles. The number of carbonyl (C=O) groups excluding carboxylic acids is 3. The third-order valence-corrected chi connectivity index (χ3v) is 7.14. The monoisotopic (exact) mass is 441 g/mol. The Bertz CT molecular complexity index is 890. The summed E-state index contributed by atoms with van der Waals surface area (Å²) in [6.45, 7) is 4.32. The second-order valence-corrected chi connectivity index (χ2v) is 9.22. The summed E-state index contributed by atoms with van der Waals surface area (Å²) in [5.74, 6) is 1.25. The van der Waals surface area contributed by atoms with E-state index in [1.54, 1.807) is 4.90 Å². The Morgan fingerprint density at radius 3 is 2.22 bits per heavy atom. The minimum Gasteiger partial charge on any atom is -0.486 e. The predicted molar refractivity (Wildman–Crippen MR) is 118 cm³/mol. The zero-order valence-electron chi connectivity index (χ0n) is 18.5. The third-order valence-electron chi connectivity index (χ3n) is 7.14. The number of likely N-dealkylation sites (tertiary alicyclic amines) is 2. The largest absolute Gasteiger partial charge is 0.486 e. The molecular weight excluding hydrogens is 410 g/mol. The van der Waals surface area contributed by atoms with E-state index in [1.165, 1.54) is 6.42 Å². The maximum Gasteiger partial charge on any atom is 0.228 e. The van der Waals surface area contributed by atoms with Crippen LogP contribution >= 0.6 is 0 Å². The van der Waals surface area contributed by atoms with Crippen molar-refractivity contribution in [3.05, 3.63) is 18.2 Å². The van der Waals surface area contributed by atoms with Crippen LogP contribution in [0.1, 0.15) is 38.5 Å². The van der Waals surface area contributed by atoms with Crippen molar-refractivity contribution in [3.8, 4) is 11.5 Å². The standard InChI is InChI=1S/C24H31N3O5/c28-22-14-18(16-27(22)19-4-5-20-21(15-19)32-13-12-31-20)24(30)26-10-6-17(7-11-26)23(29)25-8-2-1-3-9-25/h4-5,15,17-18H,1-3,6-14,16H2. The molecule has 32 heavy (non-hydrogen) atoms. The van der Waals surface area contributed by atoms with Gasteiger partial charge in [-0.2, -0.15) is 0 Å². The van der Waals surface area contributed by atoms with Crippen molar-refractivity contribution < 1.29 is 23.9 Å². The average Bonchev–Trinajstić information content (AvgIpc) is 3.25. The van der Waals surface area contributed by atoms with Gasteiger partial charge in [0, 0.05) is 56.8 Å². The predicted octanol–water partition coefficient (Wildman–Crippen LogP) is 2.06. The van der Waals surface area contributed by atoms with Crippen LogP contribution in [0, 0.1) is 11.8 Å². The van der Waals surface area contributed by atoms with Gasteiger partial charge < -0.3 is 24.2 Å². The molecule has 0 N–H and O–H groups in total. The van der Waals surface area contributed by atoms with Gasteiger partial charge in [-0.25, -0.2) is 0 Å². The molecule has 0 saturated carbocycles. The number of anilines is 1. The van der Waals surface area contributed by atoms with Crippen LogP contribution in [0.25, 0.3) is 0 Å². The molecule has 0 spiro atoms. The van der Waals surface area contributed by atoms with Gasteiger partial charge >= 0.3 is 0 Å². The molecule has 3 saturated heterocycles. The van der Waals surface area contributed by atoms with Gasteiger partial charge in [0.15, 0.2) is 11.5 Å². The maximum absolute atomic E-state index is 13.1. The first-order valence-electron chi connectivity index (χ1n) is 11.9. The Balaban J connectivity index is 1.17. The van der Waals surface area contributed by atoms with Gasteiger partial charge in [0.2, 0.25) is 17.7 Å². The van der Waals surface area contributed by atoms with Crippen LogP contribution in [0.5, 0.6) is 11.5 Å². The molecule has 1 aromatic carbocycles. The first kappa shape index (κ1) is 21.1. The lowest BCUT2D eigenvalue weighted by molar-refractivity contribution is -0.143. The summed E-state index contributed by atoms with van der Waals surface area (Å²) in [5.41, 5.74) is 0.736. The summed E-state index contributed by atoms with van der Waals surface area (Å²) in [6, 6.07) is 5.48. The fourth-order valence-electron chi connectivity index (χ4n) is 5.30. The molecule has 8 heteroatoms. The number of carbonyl (C=O) groups is 3. The number of fused-ring (bicyclic) bond motifs is 1. The fraction of sp³-hybridized carbons (Fsp3) is 0.625. The minimum absolute atomic E-state index is 0.0246. The Morgan fingerprint density at radius 1 is 0.812 bits per heavy atom. The topological polar surface area (TPSA) is 79.4 Å². The Labute approximate surface area is 188 Å². The van der Waals surface area contributed by atoms with Crippen LogP contribution in [-0.2, 0) is 14.4 Å². The summed E-state index contributed by atoms with van der Waals surface area (Å²) >= 11 is 0. The Kier molecular flexibility index (Phi) is 5.93. The summed E-state index contributed by atoms with van der Waals surface area (Å²) in [4.78, 5) is 44.1. The highest BCUT2D eigenvalue weighted by Gasteiger charge is 2.39. The molecule has 3 fully saturated rings. The van der Waals surface area contributed by atoms with Crippen molar-refractivity contribution in [1.29, 1.82) is 0 Å². The molecule has 0 radical (unpaired) electrons. The second-order valence-electron chi connectivity index (χ2n) is 9.22. The van der Waals surface area contributed by atoms with Crippen LogP contribution in [0.4, 0.5) is 5.69 Å². The fourth-order valence-corrected chi connectivity index (χ4v) is 5.30. The molecule has 3 amide bonds. The van der Waals surface area contributed by atoms with E-state index in [9.17, 15) is 14.4 Å². The smallest absolute Gasteiger partial charge is 0.228 e. The van der Waals surface area contributed by atoms with E-state index in [4.69, 9.17) is 9.47 Å². The molecule has 172 valence electrons. The van der Waals surface area contributed by atoms with Crippen LogP contribution in [0.3, 0.4) is 0 Å². The number of piperidine rings is 2. The Hall–Kier alpha value is -2.77. The number of hydrogen-bond acceptors (Lipinski definition) is 5. The molecule has 0 bridgehead atoms. The zero-order valence-corrected chi connectivity index (χ0v) is 18.5. The number of rotatable bonds is 3. The van der Waals surface area contributed by atoms with E-state index >= 15 is 0 Å². The molecule has 1 aromatic rings. The van der Waals surface area contributed by atoms with Gasteiger partial charge in [-0.3, -0.25) is 14.4 Å². The molecule has 4 aliphatic rings. The number of hydrogen-bond donors (Lipinski definition) is 0. The average molecular weight is 442 g/mol. The van der Waals surface area contributed by atoms with Gasteiger partial charge in [-0.1, -0.05) is 0 Å². The van der Waals surface area contributed by atoms with Crippen LogP contribution in [-0.4, -0.2) is 73.5 Å². The van der Waals surface area contributed by atoms with Crippen molar-refractivity contribution in [3.63, 3.8) is 0 Å². The summed E-state index contributed by atoms with van der Waals surface area (Å²) in [7, 11) is 0. The van der Waals surface area contributed by atoms with Crippen molar-refractivity contribution in [2.75, 3.05) is 50.8 Å². The van der Waals surface area contributed by atoms with Crippen molar-refractivity contribution >= 4 is 23.4 Å². The zero-order chi connectivity index (χ0) is 22.1. The summed E-state index contributed by atoms with van der Waals surface area (Å²) in [5, 5.41) is 0. The van der Waals surface area contributed by atoms with Crippen molar-refractivity contribution in [2.45, 2.75) is 38.5 Å². The lowest BCUT2D eigenvalue weighted by atomic mass is 9.93. The molecule has 4 aliphatic heterocycles. The summed E-state index contributed by atoms with van der Waals surface area (Å²) < 4.78 is 11.2. The SMILES string of the molecule is O=C(C1CCN(C(=O)C2CC(=O)N(c3ccc4c(c3)OCCO4)C2)CC1)N1CCCCC1. The van der Waals surface area contributed by atoms with E-state index < -0.39 is 0 Å². The molecular formula is C24H31N3O5. The van der Waals surface area contributed by atoms with Crippen LogP contribution in [0.2, 0.25) is 0 Å². The van der Waals surface area contributed by atoms with E-state index in [0.29, 0.717) is 57.2 Å². The highest BCUT2D eigenvalue weighted by Crippen LogP contribution is 2.36. The normalized spacial score (nSPS) is 24.1. The van der Waals surface area contributed by atoms with Gasteiger partial charge in [0.05, 0.1) is 5.92 Å². The molecule has 1 atom stereocenters. The quantitative estimate of drug-likeness (QED) is 0.718. The second kappa shape index (κ2) is 9.00. The van der Waals surface area contributed by atoms with Gasteiger partial charge in [-0.05, 0) is 44.2 Å².